The van der Waals surface area contributed by atoms with Crippen LogP contribution in [0.5, 0.6) is 0 Å². The molecular formula is C13H19F3N4. The SMILES string of the molecule is CC1CC(C)C(C)N(c2cc(N)nc(C(F)(F)F)n2)C1. The van der Waals surface area contributed by atoms with E-state index in [4.69, 9.17) is 5.73 Å². The number of nitrogens with zero attached hydrogens (tertiary/aromatic N) is 3. The molecule has 0 spiro atoms. The fourth-order valence-corrected chi connectivity index (χ4v) is 2.74. The number of alkyl halides is 3. The molecule has 1 aromatic heterocycles. The maximum atomic E-state index is 12.8. The molecule has 1 fully saturated rings. The molecule has 7 heteroatoms. The van der Waals surface area contributed by atoms with Gasteiger partial charge in [0.1, 0.15) is 11.6 Å². The van der Waals surface area contributed by atoms with Gasteiger partial charge in [-0.15, -0.1) is 0 Å². The number of hydrogen-bond acceptors (Lipinski definition) is 4. The topological polar surface area (TPSA) is 55.0 Å². The Morgan fingerprint density at radius 2 is 1.90 bits per heavy atom. The van der Waals surface area contributed by atoms with Crippen molar-refractivity contribution in [3.63, 3.8) is 0 Å². The lowest BCUT2D eigenvalue weighted by atomic mass is 9.86. The predicted molar refractivity (Wildman–Crippen MR) is 71.2 cm³/mol. The summed E-state index contributed by atoms with van der Waals surface area (Å²) in [6.45, 7) is 6.87. The Hall–Kier alpha value is -1.53. The average molecular weight is 288 g/mol. The van der Waals surface area contributed by atoms with Gasteiger partial charge in [0, 0.05) is 18.7 Å². The standard InChI is InChI=1S/C13H19F3N4/c1-7-4-8(2)9(3)20(6-7)11-5-10(17)18-12(19-11)13(14,15)16/h5,7-9H,4,6H2,1-3H3,(H2,17,18,19). The first-order valence-electron chi connectivity index (χ1n) is 6.67. The van der Waals surface area contributed by atoms with Gasteiger partial charge < -0.3 is 10.6 Å². The highest BCUT2D eigenvalue weighted by molar-refractivity contribution is 5.48. The van der Waals surface area contributed by atoms with Gasteiger partial charge in [-0.2, -0.15) is 13.2 Å². The molecule has 0 radical (unpaired) electrons. The highest BCUT2D eigenvalue weighted by atomic mass is 19.4. The van der Waals surface area contributed by atoms with Gasteiger partial charge in [-0.05, 0) is 25.2 Å². The van der Waals surface area contributed by atoms with E-state index in [9.17, 15) is 13.2 Å². The van der Waals surface area contributed by atoms with Crippen LogP contribution < -0.4 is 10.6 Å². The van der Waals surface area contributed by atoms with Crippen molar-refractivity contribution in [1.82, 2.24) is 9.97 Å². The second kappa shape index (κ2) is 5.10. The van der Waals surface area contributed by atoms with E-state index in [1.165, 1.54) is 6.07 Å². The molecule has 1 saturated heterocycles. The van der Waals surface area contributed by atoms with Crippen molar-refractivity contribution in [3.8, 4) is 0 Å². The van der Waals surface area contributed by atoms with Gasteiger partial charge in [0.05, 0.1) is 0 Å². The molecule has 4 nitrogen and oxygen atoms in total. The molecule has 0 aliphatic carbocycles. The number of nitrogen functional groups attached to an aromatic ring is 1. The monoisotopic (exact) mass is 288 g/mol. The van der Waals surface area contributed by atoms with Crippen LogP contribution >= 0.6 is 0 Å². The highest BCUT2D eigenvalue weighted by Gasteiger charge is 2.37. The molecule has 3 unspecified atom stereocenters. The average Bonchev–Trinajstić information content (AvgIpc) is 2.32. The first-order chi connectivity index (χ1) is 9.18. The van der Waals surface area contributed by atoms with Crippen LogP contribution in [0.3, 0.4) is 0 Å². The molecule has 3 atom stereocenters. The Kier molecular flexibility index (Phi) is 3.80. The fraction of sp³-hybridized carbons (Fsp3) is 0.692. The Bertz CT molecular complexity index is 489. The largest absolute Gasteiger partial charge is 0.451 e. The van der Waals surface area contributed by atoms with E-state index in [2.05, 4.69) is 23.8 Å². The van der Waals surface area contributed by atoms with E-state index in [0.29, 0.717) is 18.4 Å². The Morgan fingerprint density at radius 1 is 1.25 bits per heavy atom. The lowest BCUT2D eigenvalue weighted by molar-refractivity contribution is -0.144. The molecule has 0 aromatic carbocycles. The minimum Gasteiger partial charge on any atom is -0.384 e. The summed E-state index contributed by atoms with van der Waals surface area (Å²) < 4.78 is 38.3. The van der Waals surface area contributed by atoms with E-state index in [0.717, 1.165) is 6.42 Å². The summed E-state index contributed by atoms with van der Waals surface area (Å²) in [6.07, 6.45) is -3.52. The smallest absolute Gasteiger partial charge is 0.384 e. The van der Waals surface area contributed by atoms with Crippen LogP contribution in [-0.2, 0) is 6.18 Å². The minimum atomic E-state index is -4.58. The summed E-state index contributed by atoms with van der Waals surface area (Å²) in [6, 6.07) is 1.54. The molecule has 112 valence electrons. The van der Waals surface area contributed by atoms with Crippen LogP contribution in [0.1, 0.15) is 33.0 Å². The van der Waals surface area contributed by atoms with Crippen LogP contribution in [0, 0.1) is 11.8 Å². The number of hydrogen-bond donors (Lipinski definition) is 1. The number of nitrogens with two attached hydrogens (primary N) is 1. The van der Waals surface area contributed by atoms with Crippen molar-refractivity contribution in [2.75, 3.05) is 17.2 Å². The van der Waals surface area contributed by atoms with Gasteiger partial charge in [-0.1, -0.05) is 13.8 Å². The zero-order valence-corrected chi connectivity index (χ0v) is 11.8. The first kappa shape index (κ1) is 14.9. The zero-order chi connectivity index (χ0) is 15.1. The van der Waals surface area contributed by atoms with Gasteiger partial charge in [-0.25, -0.2) is 9.97 Å². The third kappa shape index (κ3) is 2.96. The molecule has 20 heavy (non-hydrogen) atoms. The van der Waals surface area contributed by atoms with Crippen LogP contribution in [0.15, 0.2) is 6.07 Å². The van der Waals surface area contributed by atoms with Crippen LogP contribution in [0.4, 0.5) is 24.8 Å². The minimum absolute atomic E-state index is 0.126. The molecule has 1 aliphatic rings. The molecule has 1 aliphatic heterocycles. The maximum Gasteiger partial charge on any atom is 0.451 e. The van der Waals surface area contributed by atoms with E-state index in [1.54, 1.807) is 0 Å². The predicted octanol–water partition coefficient (Wildman–Crippen LogP) is 2.95. The molecule has 1 aromatic rings. The van der Waals surface area contributed by atoms with Crippen LogP contribution in [0.2, 0.25) is 0 Å². The summed E-state index contributed by atoms with van der Waals surface area (Å²) in [7, 11) is 0. The van der Waals surface area contributed by atoms with E-state index in [1.807, 2.05) is 11.8 Å². The third-order valence-electron chi connectivity index (χ3n) is 3.88. The van der Waals surface area contributed by atoms with Gasteiger partial charge >= 0.3 is 6.18 Å². The lowest BCUT2D eigenvalue weighted by Gasteiger charge is -2.42. The zero-order valence-electron chi connectivity index (χ0n) is 11.8. The lowest BCUT2D eigenvalue weighted by Crippen LogP contribution is -2.46. The highest BCUT2D eigenvalue weighted by Crippen LogP contribution is 2.33. The Morgan fingerprint density at radius 3 is 2.50 bits per heavy atom. The number of piperidine rings is 1. The number of rotatable bonds is 1. The quantitative estimate of drug-likeness (QED) is 0.863. The van der Waals surface area contributed by atoms with Gasteiger partial charge in [0.25, 0.3) is 0 Å². The normalized spacial score (nSPS) is 27.7. The maximum absolute atomic E-state index is 12.8. The van der Waals surface area contributed by atoms with E-state index >= 15 is 0 Å². The fourth-order valence-electron chi connectivity index (χ4n) is 2.74. The van der Waals surface area contributed by atoms with Crippen LogP contribution in [-0.4, -0.2) is 22.6 Å². The van der Waals surface area contributed by atoms with Crippen molar-refractivity contribution < 1.29 is 13.2 Å². The second-order valence-corrected chi connectivity index (χ2v) is 5.68. The molecule has 0 amide bonds. The van der Waals surface area contributed by atoms with Crippen molar-refractivity contribution in [2.45, 2.75) is 39.4 Å². The van der Waals surface area contributed by atoms with Crippen molar-refractivity contribution in [1.29, 1.82) is 0 Å². The second-order valence-electron chi connectivity index (χ2n) is 5.68. The van der Waals surface area contributed by atoms with Gasteiger partial charge in [-0.3, -0.25) is 0 Å². The number of aromatic nitrogens is 2. The Labute approximate surface area is 116 Å². The summed E-state index contributed by atoms with van der Waals surface area (Å²) in [5, 5.41) is 0. The van der Waals surface area contributed by atoms with Crippen LogP contribution in [0.25, 0.3) is 0 Å². The summed E-state index contributed by atoms with van der Waals surface area (Å²) >= 11 is 0. The van der Waals surface area contributed by atoms with Crippen molar-refractivity contribution in [3.05, 3.63) is 11.9 Å². The van der Waals surface area contributed by atoms with E-state index in [-0.39, 0.29) is 17.7 Å². The molecule has 0 saturated carbocycles. The van der Waals surface area contributed by atoms with Gasteiger partial charge in [0.2, 0.25) is 5.82 Å². The summed E-state index contributed by atoms with van der Waals surface area (Å²) in [5.41, 5.74) is 5.50. The van der Waals surface area contributed by atoms with Crippen molar-refractivity contribution in [2.24, 2.45) is 11.8 Å². The summed E-state index contributed by atoms with van der Waals surface area (Å²) in [4.78, 5) is 8.83. The Balaban J connectivity index is 2.39. The molecule has 0 bridgehead atoms. The molecule has 2 rings (SSSR count). The summed E-state index contributed by atoms with van der Waals surface area (Å²) in [5.74, 6) is -0.266. The first-order valence-corrected chi connectivity index (χ1v) is 6.67. The molecular weight excluding hydrogens is 269 g/mol. The molecule has 2 N–H and O–H groups in total. The van der Waals surface area contributed by atoms with E-state index < -0.39 is 12.0 Å². The number of anilines is 2. The molecule has 2 heterocycles. The van der Waals surface area contributed by atoms with Gasteiger partial charge in [0.15, 0.2) is 0 Å². The third-order valence-corrected chi connectivity index (χ3v) is 3.88. The number of halogens is 3. The van der Waals surface area contributed by atoms with Crippen molar-refractivity contribution >= 4 is 11.6 Å².